The molecule has 0 fully saturated rings. The normalized spacial score (nSPS) is 11.8. The van der Waals surface area contributed by atoms with E-state index < -0.39 is 23.1 Å². The maximum Gasteiger partial charge on any atom is 0.455 e. The van der Waals surface area contributed by atoms with Crippen molar-refractivity contribution in [2.24, 2.45) is 0 Å². The van der Waals surface area contributed by atoms with E-state index in [1.54, 1.807) is 6.92 Å². The molecule has 1 heterocycles. The van der Waals surface area contributed by atoms with Gasteiger partial charge >= 0.3 is 11.8 Å². The Labute approximate surface area is 100 Å². The molecular formula is C12H9F3O3. The van der Waals surface area contributed by atoms with E-state index in [1.807, 2.05) is 0 Å². The molecule has 0 bridgehead atoms. The van der Waals surface area contributed by atoms with Crippen molar-refractivity contribution in [1.29, 1.82) is 0 Å². The van der Waals surface area contributed by atoms with Gasteiger partial charge in [0.2, 0.25) is 0 Å². The van der Waals surface area contributed by atoms with Crippen LogP contribution in [0, 0.1) is 0 Å². The smallest absolute Gasteiger partial charge is 0.422 e. The number of allylic oxidation sites excluding steroid dienone is 1. The molecule has 0 amide bonds. The molecule has 0 atom stereocenters. The number of carbonyl (C=O) groups is 1. The molecule has 1 rings (SSSR count). The van der Waals surface area contributed by atoms with Crippen LogP contribution in [0.1, 0.15) is 28.6 Å². The second kappa shape index (κ2) is 5.03. The Kier molecular flexibility index (Phi) is 3.90. The third kappa shape index (κ3) is 2.77. The van der Waals surface area contributed by atoms with Gasteiger partial charge in [0.25, 0.3) is 5.78 Å². The number of alkyl halides is 3. The highest BCUT2D eigenvalue weighted by Gasteiger charge is 2.41. The second-order valence-corrected chi connectivity index (χ2v) is 3.30. The van der Waals surface area contributed by atoms with Crippen LogP contribution in [0.5, 0.6) is 0 Å². The summed E-state index contributed by atoms with van der Waals surface area (Å²) in [6.45, 7) is 4.99. The molecule has 6 heteroatoms. The van der Waals surface area contributed by atoms with Gasteiger partial charge in [0.15, 0.2) is 0 Å². The summed E-state index contributed by atoms with van der Waals surface area (Å²) in [6, 6.07) is 0.846. The van der Waals surface area contributed by atoms with Crippen molar-refractivity contribution >= 4 is 17.9 Å². The van der Waals surface area contributed by atoms with Crippen LogP contribution in [-0.4, -0.2) is 12.0 Å². The highest BCUT2D eigenvalue weighted by Crippen LogP contribution is 2.21. The van der Waals surface area contributed by atoms with E-state index in [1.165, 1.54) is 18.2 Å². The Balaban J connectivity index is 3.48. The number of rotatable bonds is 3. The molecule has 0 N–H and O–H groups in total. The van der Waals surface area contributed by atoms with Gasteiger partial charge in [-0.2, -0.15) is 13.2 Å². The lowest BCUT2D eigenvalue weighted by molar-refractivity contribution is -0.0887. The highest BCUT2D eigenvalue weighted by molar-refractivity contribution is 6.00. The van der Waals surface area contributed by atoms with E-state index in [-0.39, 0.29) is 11.3 Å². The van der Waals surface area contributed by atoms with E-state index in [0.717, 1.165) is 6.07 Å². The molecule has 3 nitrogen and oxygen atoms in total. The zero-order valence-electron chi connectivity index (χ0n) is 9.38. The molecule has 0 aromatic carbocycles. The van der Waals surface area contributed by atoms with Gasteiger partial charge in [-0.05, 0) is 19.1 Å². The average molecular weight is 258 g/mol. The molecule has 0 aliphatic carbocycles. The summed E-state index contributed by atoms with van der Waals surface area (Å²) in [7, 11) is 0. The minimum atomic E-state index is -5.11. The lowest BCUT2D eigenvalue weighted by Gasteiger charge is -2.06. The summed E-state index contributed by atoms with van der Waals surface area (Å²) in [5.41, 5.74) is -2.19. The largest absolute Gasteiger partial charge is 0.455 e. The minimum absolute atomic E-state index is 0.0109. The first-order valence-electron chi connectivity index (χ1n) is 4.86. The van der Waals surface area contributed by atoms with Crippen LogP contribution >= 0.6 is 0 Å². The number of ketones is 1. The molecule has 96 valence electrons. The first-order chi connectivity index (χ1) is 8.31. The van der Waals surface area contributed by atoms with Gasteiger partial charge < -0.3 is 4.42 Å². The Bertz CT molecular complexity index is 565. The molecule has 0 unspecified atom stereocenters. The van der Waals surface area contributed by atoms with Crippen molar-refractivity contribution in [3.05, 3.63) is 46.0 Å². The summed E-state index contributed by atoms with van der Waals surface area (Å²) in [6.07, 6.45) is -0.993. The maximum atomic E-state index is 12.2. The first-order valence-corrected chi connectivity index (χ1v) is 4.86. The molecule has 0 saturated carbocycles. The molecule has 1 aromatic rings. The van der Waals surface area contributed by atoms with E-state index in [9.17, 15) is 22.8 Å². The van der Waals surface area contributed by atoms with Gasteiger partial charge in [0.05, 0.1) is 0 Å². The zero-order chi connectivity index (χ0) is 13.9. The molecule has 0 aliphatic heterocycles. The monoisotopic (exact) mass is 258 g/mol. The topological polar surface area (TPSA) is 47.3 Å². The van der Waals surface area contributed by atoms with Crippen molar-refractivity contribution < 1.29 is 22.4 Å². The number of hydrogen-bond donors (Lipinski definition) is 0. The Hall–Kier alpha value is -2.11. The fourth-order valence-electron chi connectivity index (χ4n) is 1.28. The molecule has 0 aliphatic rings. The van der Waals surface area contributed by atoms with Crippen molar-refractivity contribution in [3.63, 3.8) is 0 Å². The quantitative estimate of drug-likeness (QED) is 0.783. The van der Waals surface area contributed by atoms with Crippen LogP contribution in [0.15, 0.2) is 27.9 Å². The second-order valence-electron chi connectivity index (χ2n) is 3.30. The van der Waals surface area contributed by atoms with Crippen LogP contribution in [0.2, 0.25) is 0 Å². The third-order valence-corrected chi connectivity index (χ3v) is 2.04. The number of Topliss-reactive ketones (excluding diaryl/α,β-unsaturated/α-hetero) is 1. The number of hydrogen-bond acceptors (Lipinski definition) is 3. The summed E-state index contributed by atoms with van der Waals surface area (Å²) in [5, 5.41) is 0. The van der Waals surface area contributed by atoms with Gasteiger partial charge in [0, 0.05) is 5.56 Å². The van der Waals surface area contributed by atoms with E-state index in [2.05, 4.69) is 11.0 Å². The van der Waals surface area contributed by atoms with Gasteiger partial charge in [0.1, 0.15) is 11.3 Å². The van der Waals surface area contributed by atoms with Crippen molar-refractivity contribution in [2.75, 3.05) is 0 Å². The lowest BCUT2D eigenvalue weighted by atomic mass is 10.1. The lowest BCUT2D eigenvalue weighted by Crippen LogP contribution is -2.28. The first kappa shape index (κ1) is 14.0. The molecule has 18 heavy (non-hydrogen) atoms. The van der Waals surface area contributed by atoms with Gasteiger partial charge in [-0.25, -0.2) is 4.79 Å². The summed E-state index contributed by atoms with van der Waals surface area (Å²) >= 11 is 0. The predicted molar refractivity (Wildman–Crippen MR) is 60.2 cm³/mol. The maximum absolute atomic E-state index is 12.2. The van der Waals surface area contributed by atoms with Crippen LogP contribution < -0.4 is 5.63 Å². The van der Waals surface area contributed by atoms with Gasteiger partial charge in [-0.15, -0.1) is 0 Å². The fourth-order valence-corrected chi connectivity index (χ4v) is 1.28. The van der Waals surface area contributed by atoms with Gasteiger partial charge in [-0.1, -0.05) is 18.7 Å². The van der Waals surface area contributed by atoms with Crippen LogP contribution in [0.3, 0.4) is 0 Å². The fraction of sp³-hybridized carbons (Fsp3) is 0.167. The SMILES string of the molecule is C=Cc1oc(=O)c(C(=O)C(F)(F)F)cc1/C=C\C. The van der Waals surface area contributed by atoms with E-state index in [0.29, 0.717) is 0 Å². The summed E-state index contributed by atoms with van der Waals surface area (Å²) in [5.74, 6) is -2.21. The zero-order valence-corrected chi connectivity index (χ0v) is 9.38. The van der Waals surface area contributed by atoms with Crippen LogP contribution in [0.25, 0.3) is 12.2 Å². The Morgan fingerprint density at radius 3 is 2.50 bits per heavy atom. The summed E-state index contributed by atoms with van der Waals surface area (Å²) < 4.78 is 41.4. The summed E-state index contributed by atoms with van der Waals surface area (Å²) in [4.78, 5) is 22.3. The Morgan fingerprint density at radius 2 is 2.06 bits per heavy atom. The van der Waals surface area contributed by atoms with E-state index >= 15 is 0 Å². The van der Waals surface area contributed by atoms with Crippen LogP contribution in [0.4, 0.5) is 13.2 Å². The third-order valence-electron chi connectivity index (χ3n) is 2.04. The van der Waals surface area contributed by atoms with Crippen molar-refractivity contribution in [2.45, 2.75) is 13.1 Å². The van der Waals surface area contributed by atoms with Crippen molar-refractivity contribution in [1.82, 2.24) is 0 Å². The van der Waals surface area contributed by atoms with Gasteiger partial charge in [-0.3, -0.25) is 4.79 Å². The minimum Gasteiger partial charge on any atom is -0.422 e. The average Bonchev–Trinajstić information content (AvgIpc) is 2.29. The van der Waals surface area contributed by atoms with Crippen molar-refractivity contribution in [3.8, 4) is 0 Å². The number of carbonyl (C=O) groups excluding carboxylic acids is 1. The van der Waals surface area contributed by atoms with Crippen LogP contribution in [-0.2, 0) is 0 Å². The molecule has 0 radical (unpaired) electrons. The molecular weight excluding hydrogens is 249 g/mol. The molecule has 1 aromatic heterocycles. The molecule has 0 saturated heterocycles. The standard InChI is InChI=1S/C12H9F3O3/c1-3-5-7-6-8(10(16)12(13,14)15)11(17)18-9(7)4-2/h3-6H,2H2,1H3/b5-3-. The highest BCUT2D eigenvalue weighted by atomic mass is 19.4. The number of halogens is 3. The Morgan fingerprint density at radius 1 is 1.44 bits per heavy atom. The predicted octanol–water partition coefficient (Wildman–Crippen LogP) is 3.06. The molecule has 0 spiro atoms. The van der Waals surface area contributed by atoms with E-state index in [4.69, 9.17) is 0 Å².